The highest BCUT2D eigenvalue weighted by Crippen LogP contribution is 2.13. The predicted molar refractivity (Wildman–Crippen MR) is 62.5 cm³/mol. The van der Waals surface area contributed by atoms with Crippen molar-refractivity contribution in [3.8, 4) is 0 Å². The van der Waals surface area contributed by atoms with Crippen molar-refractivity contribution in [1.29, 1.82) is 0 Å². The van der Waals surface area contributed by atoms with Gasteiger partial charge in [0.05, 0.1) is 12.7 Å². The monoisotopic (exact) mass is 243 g/mol. The van der Waals surface area contributed by atoms with Crippen LogP contribution in [0.5, 0.6) is 0 Å². The van der Waals surface area contributed by atoms with Gasteiger partial charge < -0.3 is 14.4 Å². The first-order valence-corrected chi connectivity index (χ1v) is 6.22. The van der Waals surface area contributed by atoms with Gasteiger partial charge in [-0.25, -0.2) is 0 Å². The van der Waals surface area contributed by atoms with Gasteiger partial charge in [0.25, 0.3) is 0 Å². The van der Waals surface area contributed by atoms with Crippen LogP contribution >= 0.6 is 0 Å². The Kier molecular flexibility index (Phi) is 5.97. The summed E-state index contributed by atoms with van der Waals surface area (Å²) in [4.78, 5) is 24.6. The third-order valence-electron chi connectivity index (χ3n) is 2.73. The normalized spacial score (nSPS) is 19.1. The molecule has 1 aliphatic heterocycles. The second-order valence-corrected chi connectivity index (χ2v) is 4.07. The molecule has 1 rings (SSSR count). The molecule has 1 heterocycles. The number of carbonyl (C=O) groups is 2. The molecule has 1 atom stereocenters. The number of esters is 1. The number of hydrogen-bond acceptors (Lipinski definition) is 4. The van der Waals surface area contributed by atoms with E-state index in [1.807, 2.05) is 0 Å². The molecule has 0 aromatic carbocycles. The van der Waals surface area contributed by atoms with Gasteiger partial charge in [-0.1, -0.05) is 6.92 Å². The zero-order chi connectivity index (χ0) is 12.7. The molecule has 0 aliphatic carbocycles. The fourth-order valence-corrected chi connectivity index (χ4v) is 1.87. The maximum absolute atomic E-state index is 11.7. The Bertz CT molecular complexity index is 261. The topological polar surface area (TPSA) is 55.8 Å². The summed E-state index contributed by atoms with van der Waals surface area (Å²) in [7, 11) is 0. The Balaban J connectivity index is 2.47. The van der Waals surface area contributed by atoms with Crippen molar-refractivity contribution in [2.45, 2.75) is 39.2 Å². The molecule has 1 aliphatic rings. The van der Waals surface area contributed by atoms with E-state index in [2.05, 4.69) is 0 Å². The Morgan fingerprint density at radius 2 is 2.18 bits per heavy atom. The van der Waals surface area contributed by atoms with Crippen molar-refractivity contribution < 1.29 is 19.1 Å². The smallest absolute Gasteiger partial charge is 0.325 e. The lowest BCUT2D eigenvalue weighted by molar-refractivity contribution is -0.149. The fraction of sp³-hybridized carbons (Fsp3) is 0.833. The maximum atomic E-state index is 11.7. The molecular formula is C12H21NO4. The lowest BCUT2D eigenvalue weighted by Gasteiger charge is -2.24. The van der Waals surface area contributed by atoms with Crippen LogP contribution in [0, 0.1) is 0 Å². The summed E-state index contributed by atoms with van der Waals surface area (Å²) < 4.78 is 10.3. The van der Waals surface area contributed by atoms with Crippen molar-refractivity contribution in [3.05, 3.63) is 0 Å². The molecule has 0 N–H and O–H groups in total. The molecule has 1 amide bonds. The number of ether oxygens (including phenoxy) is 2. The summed E-state index contributed by atoms with van der Waals surface area (Å²) in [5, 5.41) is 0. The second kappa shape index (κ2) is 7.27. The van der Waals surface area contributed by atoms with Gasteiger partial charge in [0.2, 0.25) is 5.91 Å². The molecule has 0 spiro atoms. The van der Waals surface area contributed by atoms with E-state index in [9.17, 15) is 9.59 Å². The van der Waals surface area contributed by atoms with Crippen LogP contribution in [-0.2, 0) is 19.1 Å². The van der Waals surface area contributed by atoms with Crippen molar-refractivity contribution in [2.75, 3.05) is 26.3 Å². The first-order valence-electron chi connectivity index (χ1n) is 6.22. The summed E-state index contributed by atoms with van der Waals surface area (Å²) in [6.45, 7) is 5.15. The number of rotatable bonds is 6. The van der Waals surface area contributed by atoms with Crippen LogP contribution in [0.15, 0.2) is 0 Å². The molecule has 98 valence electrons. The summed E-state index contributed by atoms with van der Waals surface area (Å²) in [5.74, 6) is -0.388. The van der Waals surface area contributed by atoms with Crippen LogP contribution in [0.1, 0.15) is 33.1 Å². The van der Waals surface area contributed by atoms with Gasteiger partial charge in [0.1, 0.15) is 6.54 Å². The Hall–Kier alpha value is -1.10. The van der Waals surface area contributed by atoms with Gasteiger partial charge >= 0.3 is 5.97 Å². The average Bonchev–Trinajstić information content (AvgIpc) is 2.80. The molecule has 0 bridgehead atoms. The van der Waals surface area contributed by atoms with Gasteiger partial charge in [-0.05, 0) is 19.8 Å². The van der Waals surface area contributed by atoms with E-state index in [0.29, 0.717) is 19.6 Å². The molecular weight excluding hydrogens is 222 g/mol. The third kappa shape index (κ3) is 4.73. The largest absolute Gasteiger partial charge is 0.465 e. The Morgan fingerprint density at radius 3 is 2.71 bits per heavy atom. The lowest BCUT2D eigenvalue weighted by Crippen LogP contribution is -2.40. The highest BCUT2D eigenvalue weighted by atomic mass is 16.5. The quantitative estimate of drug-likeness (QED) is 0.652. The zero-order valence-corrected chi connectivity index (χ0v) is 10.6. The first-order chi connectivity index (χ1) is 8.17. The van der Waals surface area contributed by atoms with Crippen molar-refractivity contribution >= 4 is 11.9 Å². The average molecular weight is 243 g/mol. The van der Waals surface area contributed by atoms with Crippen LogP contribution in [0.3, 0.4) is 0 Å². The number of carbonyl (C=O) groups excluding carboxylic acids is 2. The van der Waals surface area contributed by atoms with Gasteiger partial charge in [-0.2, -0.15) is 0 Å². The predicted octanol–water partition coefficient (Wildman–Crippen LogP) is 0.967. The standard InChI is InChI=1S/C12H21NO4/c1-3-11(14)13(9-12(15)16-4-2)8-10-6-5-7-17-10/h10H,3-9H2,1-2H3/t10-/m1/s1. The lowest BCUT2D eigenvalue weighted by atomic mass is 10.2. The summed E-state index contributed by atoms with van der Waals surface area (Å²) in [5.41, 5.74) is 0. The van der Waals surface area contributed by atoms with Crippen molar-refractivity contribution in [1.82, 2.24) is 4.90 Å². The van der Waals surface area contributed by atoms with E-state index in [1.54, 1.807) is 13.8 Å². The molecule has 1 fully saturated rings. The maximum Gasteiger partial charge on any atom is 0.325 e. The molecule has 17 heavy (non-hydrogen) atoms. The Morgan fingerprint density at radius 1 is 1.41 bits per heavy atom. The summed E-state index contributed by atoms with van der Waals surface area (Å²) >= 11 is 0. The first kappa shape index (κ1) is 14.0. The number of amides is 1. The van der Waals surface area contributed by atoms with Gasteiger partial charge in [0.15, 0.2) is 0 Å². The van der Waals surface area contributed by atoms with Crippen LogP contribution in [-0.4, -0.2) is 49.2 Å². The minimum Gasteiger partial charge on any atom is -0.465 e. The minimum atomic E-state index is -0.354. The SMILES string of the molecule is CCOC(=O)CN(C[C@H]1CCCO1)C(=O)CC. The van der Waals surface area contributed by atoms with E-state index >= 15 is 0 Å². The van der Waals surface area contributed by atoms with Gasteiger partial charge in [0, 0.05) is 19.6 Å². The molecule has 5 heteroatoms. The second-order valence-electron chi connectivity index (χ2n) is 4.07. The van der Waals surface area contributed by atoms with Gasteiger partial charge in [-0.3, -0.25) is 9.59 Å². The minimum absolute atomic E-state index is 0.0281. The number of nitrogens with zero attached hydrogens (tertiary/aromatic N) is 1. The van der Waals surface area contributed by atoms with E-state index in [-0.39, 0.29) is 24.5 Å². The van der Waals surface area contributed by atoms with Crippen LogP contribution in [0.2, 0.25) is 0 Å². The molecule has 0 saturated carbocycles. The third-order valence-corrected chi connectivity index (χ3v) is 2.73. The molecule has 0 aromatic heterocycles. The van der Waals surface area contributed by atoms with Crippen LogP contribution < -0.4 is 0 Å². The fourth-order valence-electron chi connectivity index (χ4n) is 1.87. The van der Waals surface area contributed by atoms with Crippen LogP contribution in [0.25, 0.3) is 0 Å². The molecule has 0 aromatic rings. The van der Waals surface area contributed by atoms with E-state index < -0.39 is 0 Å². The number of hydrogen-bond donors (Lipinski definition) is 0. The van der Waals surface area contributed by atoms with E-state index in [0.717, 1.165) is 19.4 Å². The highest BCUT2D eigenvalue weighted by Gasteiger charge is 2.23. The van der Waals surface area contributed by atoms with Crippen molar-refractivity contribution in [2.24, 2.45) is 0 Å². The molecule has 1 saturated heterocycles. The van der Waals surface area contributed by atoms with Gasteiger partial charge in [-0.15, -0.1) is 0 Å². The summed E-state index contributed by atoms with van der Waals surface area (Å²) in [6, 6.07) is 0. The Labute approximate surface area is 102 Å². The van der Waals surface area contributed by atoms with E-state index in [1.165, 1.54) is 4.90 Å². The van der Waals surface area contributed by atoms with Crippen LogP contribution in [0.4, 0.5) is 0 Å². The summed E-state index contributed by atoms with van der Waals surface area (Å²) in [6.07, 6.45) is 2.45. The molecule has 5 nitrogen and oxygen atoms in total. The molecule has 0 unspecified atom stereocenters. The van der Waals surface area contributed by atoms with Crippen molar-refractivity contribution in [3.63, 3.8) is 0 Å². The highest BCUT2D eigenvalue weighted by molar-refractivity contribution is 5.81. The van der Waals surface area contributed by atoms with E-state index in [4.69, 9.17) is 9.47 Å². The molecule has 0 radical (unpaired) electrons. The zero-order valence-electron chi connectivity index (χ0n) is 10.6.